The first-order chi connectivity index (χ1) is 10.1. The van der Waals surface area contributed by atoms with E-state index in [0.717, 1.165) is 42.9 Å². The Kier molecular flexibility index (Phi) is 4.13. The fourth-order valence-electron chi connectivity index (χ4n) is 3.18. The van der Waals surface area contributed by atoms with Gasteiger partial charge in [0.15, 0.2) is 0 Å². The van der Waals surface area contributed by atoms with Gasteiger partial charge in [-0.3, -0.25) is 4.90 Å². The Labute approximate surface area is 132 Å². The number of nitrogens with zero attached hydrogens (tertiary/aromatic N) is 2. The number of likely N-dealkylation sites (tertiary alicyclic amines) is 1. The van der Waals surface area contributed by atoms with E-state index in [0.29, 0.717) is 10.5 Å². The molecular weight excluding hydrogens is 335 g/mol. The summed E-state index contributed by atoms with van der Waals surface area (Å²) in [4.78, 5) is 2.42. The predicted molar refractivity (Wildman–Crippen MR) is 82.5 cm³/mol. The van der Waals surface area contributed by atoms with Crippen LogP contribution in [0.1, 0.15) is 41.5 Å². The van der Waals surface area contributed by atoms with Crippen molar-refractivity contribution < 1.29 is 8.91 Å². The second-order valence-electron chi connectivity index (χ2n) is 5.61. The van der Waals surface area contributed by atoms with Crippen molar-refractivity contribution in [2.45, 2.75) is 39.3 Å². The van der Waals surface area contributed by atoms with Crippen LogP contribution >= 0.6 is 15.9 Å². The molecule has 2 aromatic rings. The third kappa shape index (κ3) is 2.90. The third-order valence-electron chi connectivity index (χ3n) is 4.16. The lowest BCUT2D eigenvalue weighted by molar-refractivity contribution is 0.245. The summed E-state index contributed by atoms with van der Waals surface area (Å²) in [6, 6.07) is 5.57. The Morgan fingerprint density at radius 3 is 2.90 bits per heavy atom. The number of halogens is 2. The average molecular weight is 353 g/mol. The van der Waals surface area contributed by atoms with Crippen molar-refractivity contribution in [3.05, 3.63) is 51.1 Å². The summed E-state index contributed by atoms with van der Waals surface area (Å²) in [5.74, 6) is 0.687. The van der Waals surface area contributed by atoms with Gasteiger partial charge in [0.2, 0.25) is 0 Å². The van der Waals surface area contributed by atoms with Crippen LogP contribution in [0.2, 0.25) is 0 Å². The fraction of sp³-hybridized carbons (Fsp3) is 0.438. The minimum Gasteiger partial charge on any atom is -0.361 e. The first-order valence-electron chi connectivity index (χ1n) is 7.17. The summed E-state index contributed by atoms with van der Waals surface area (Å²) in [6.07, 6.45) is 2.28. The molecule has 1 saturated heterocycles. The molecule has 0 spiro atoms. The molecule has 3 nitrogen and oxygen atoms in total. The number of hydrogen-bond donors (Lipinski definition) is 0. The lowest BCUT2D eigenvalue weighted by atomic mass is 10.0. The van der Waals surface area contributed by atoms with Crippen molar-refractivity contribution in [3.63, 3.8) is 0 Å². The Hall–Kier alpha value is -1.20. The summed E-state index contributed by atoms with van der Waals surface area (Å²) >= 11 is 3.25. The van der Waals surface area contributed by atoms with Crippen LogP contribution in [-0.2, 0) is 6.54 Å². The quantitative estimate of drug-likeness (QED) is 0.812. The number of aromatic nitrogens is 1. The largest absolute Gasteiger partial charge is 0.361 e. The van der Waals surface area contributed by atoms with Gasteiger partial charge in [-0.15, -0.1) is 0 Å². The molecule has 1 aromatic heterocycles. The Bertz CT molecular complexity index is 636. The smallest absolute Gasteiger partial charge is 0.138 e. The van der Waals surface area contributed by atoms with Crippen LogP contribution in [0.3, 0.4) is 0 Å². The lowest BCUT2D eigenvalue weighted by Gasteiger charge is -2.24. The van der Waals surface area contributed by atoms with Crippen molar-refractivity contribution >= 4 is 15.9 Å². The molecule has 3 rings (SSSR count). The molecule has 0 N–H and O–H groups in total. The van der Waals surface area contributed by atoms with E-state index in [1.165, 1.54) is 11.6 Å². The molecule has 1 aliphatic heterocycles. The monoisotopic (exact) mass is 352 g/mol. The van der Waals surface area contributed by atoms with Crippen LogP contribution < -0.4 is 0 Å². The van der Waals surface area contributed by atoms with Crippen LogP contribution in [-0.4, -0.2) is 16.6 Å². The summed E-state index contributed by atoms with van der Waals surface area (Å²) in [6.45, 7) is 5.83. The molecule has 0 unspecified atom stereocenters. The Balaban J connectivity index is 1.83. The highest BCUT2D eigenvalue weighted by Gasteiger charge is 2.30. The van der Waals surface area contributed by atoms with Crippen LogP contribution in [0, 0.1) is 19.7 Å². The number of benzene rings is 1. The van der Waals surface area contributed by atoms with E-state index in [2.05, 4.69) is 26.0 Å². The van der Waals surface area contributed by atoms with Gasteiger partial charge in [0.05, 0.1) is 10.2 Å². The molecule has 0 bridgehead atoms. The standard InChI is InChI=1S/C16H18BrFN2O/c1-10-16(11(2)21-19-10)15-4-3-7-20(15)9-12-5-6-14(18)13(17)8-12/h5-6,8,15H,3-4,7,9H2,1-2H3/t15-/m1/s1. The molecule has 1 aliphatic rings. The number of rotatable bonds is 3. The molecule has 2 heterocycles. The van der Waals surface area contributed by atoms with Gasteiger partial charge >= 0.3 is 0 Å². The van der Waals surface area contributed by atoms with Gasteiger partial charge in [0.25, 0.3) is 0 Å². The summed E-state index contributed by atoms with van der Waals surface area (Å²) in [5, 5.41) is 4.07. The van der Waals surface area contributed by atoms with Crippen molar-refractivity contribution in [2.24, 2.45) is 0 Å². The van der Waals surface area contributed by atoms with Gasteiger partial charge < -0.3 is 4.52 Å². The maximum absolute atomic E-state index is 13.3. The summed E-state index contributed by atoms with van der Waals surface area (Å²) in [5.41, 5.74) is 3.31. The van der Waals surface area contributed by atoms with Crippen molar-refractivity contribution in [3.8, 4) is 0 Å². The van der Waals surface area contributed by atoms with Crippen molar-refractivity contribution in [2.75, 3.05) is 6.54 Å². The van der Waals surface area contributed by atoms with E-state index < -0.39 is 0 Å². The molecular formula is C16H18BrFN2O. The zero-order valence-corrected chi connectivity index (χ0v) is 13.8. The van der Waals surface area contributed by atoms with E-state index in [1.54, 1.807) is 0 Å². The molecule has 0 aliphatic carbocycles. The molecule has 1 fully saturated rings. The minimum absolute atomic E-state index is 0.220. The van der Waals surface area contributed by atoms with Crippen molar-refractivity contribution in [1.82, 2.24) is 10.1 Å². The maximum Gasteiger partial charge on any atom is 0.138 e. The summed E-state index contributed by atoms with van der Waals surface area (Å²) in [7, 11) is 0. The highest BCUT2D eigenvalue weighted by Crippen LogP contribution is 2.36. The zero-order chi connectivity index (χ0) is 15.0. The van der Waals surface area contributed by atoms with E-state index in [1.807, 2.05) is 26.0 Å². The lowest BCUT2D eigenvalue weighted by Crippen LogP contribution is -2.23. The minimum atomic E-state index is -0.220. The number of hydrogen-bond acceptors (Lipinski definition) is 3. The van der Waals surface area contributed by atoms with Crippen LogP contribution in [0.15, 0.2) is 27.2 Å². The highest BCUT2D eigenvalue weighted by atomic mass is 79.9. The van der Waals surface area contributed by atoms with Gasteiger partial charge in [-0.05, 0) is 66.9 Å². The zero-order valence-electron chi connectivity index (χ0n) is 12.2. The first kappa shape index (κ1) is 14.7. The molecule has 5 heteroatoms. The first-order valence-corrected chi connectivity index (χ1v) is 7.96. The highest BCUT2D eigenvalue weighted by molar-refractivity contribution is 9.10. The van der Waals surface area contributed by atoms with Crippen LogP contribution in [0.25, 0.3) is 0 Å². The molecule has 0 radical (unpaired) electrons. The molecule has 0 amide bonds. The average Bonchev–Trinajstić information content (AvgIpc) is 3.01. The molecule has 0 saturated carbocycles. The second kappa shape index (κ2) is 5.89. The second-order valence-corrected chi connectivity index (χ2v) is 6.47. The van der Waals surface area contributed by atoms with Crippen LogP contribution in [0.4, 0.5) is 4.39 Å². The van der Waals surface area contributed by atoms with Gasteiger partial charge in [-0.1, -0.05) is 11.2 Å². The van der Waals surface area contributed by atoms with Crippen molar-refractivity contribution in [1.29, 1.82) is 0 Å². The fourth-order valence-corrected chi connectivity index (χ4v) is 3.61. The molecule has 112 valence electrons. The number of aryl methyl sites for hydroxylation is 2. The normalized spacial score (nSPS) is 19.3. The molecule has 1 atom stereocenters. The molecule has 21 heavy (non-hydrogen) atoms. The van der Waals surface area contributed by atoms with Gasteiger partial charge in [-0.2, -0.15) is 0 Å². The van der Waals surface area contributed by atoms with E-state index >= 15 is 0 Å². The van der Waals surface area contributed by atoms with Gasteiger partial charge in [0.1, 0.15) is 11.6 Å². The van der Waals surface area contributed by atoms with Gasteiger partial charge in [0, 0.05) is 18.2 Å². The summed E-state index contributed by atoms with van der Waals surface area (Å²) < 4.78 is 19.2. The van der Waals surface area contributed by atoms with E-state index in [4.69, 9.17) is 4.52 Å². The Morgan fingerprint density at radius 2 is 2.24 bits per heavy atom. The maximum atomic E-state index is 13.3. The van der Waals surface area contributed by atoms with E-state index in [9.17, 15) is 4.39 Å². The SMILES string of the molecule is Cc1noc(C)c1[C@H]1CCCN1Cc1ccc(F)c(Br)c1. The topological polar surface area (TPSA) is 29.3 Å². The Morgan fingerprint density at radius 1 is 1.43 bits per heavy atom. The van der Waals surface area contributed by atoms with E-state index in [-0.39, 0.29) is 5.82 Å². The molecule has 1 aromatic carbocycles. The van der Waals surface area contributed by atoms with Gasteiger partial charge in [-0.25, -0.2) is 4.39 Å². The third-order valence-corrected chi connectivity index (χ3v) is 4.76. The predicted octanol–water partition coefficient (Wildman–Crippen LogP) is 4.53. The van der Waals surface area contributed by atoms with Crippen LogP contribution in [0.5, 0.6) is 0 Å².